The molecule has 0 bridgehead atoms. The van der Waals surface area contributed by atoms with Crippen LogP contribution >= 0.6 is 0 Å². The molecule has 1 saturated carbocycles. The summed E-state index contributed by atoms with van der Waals surface area (Å²) in [7, 11) is 0. The summed E-state index contributed by atoms with van der Waals surface area (Å²) in [5, 5.41) is 3.73. The Morgan fingerprint density at radius 3 is 2.80 bits per heavy atom. The molecule has 1 nitrogen and oxygen atoms in total. The van der Waals surface area contributed by atoms with E-state index in [1.54, 1.807) is 0 Å². The minimum atomic E-state index is 0.538. The summed E-state index contributed by atoms with van der Waals surface area (Å²) in [6.45, 7) is 4.53. The molecule has 0 aliphatic heterocycles. The lowest BCUT2D eigenvalue weighted by molar-refractivity contribution is 0.260. The average molecular weight is 207 g/mol. The van der Waals surface area contributed by atoms with Crippen LogP contribution in [0.4, 0.5) is 0 Å². The van der Waals surface area contributed by atoms with Gasteiger partial charge >= 0.3 is 0 Å². The Morgan fingerprint density at radius 1 is 1.40 bits per heavy atom. The maximum absolute atomic E-state index is 5.37. The van der Waals surface area contributed by atoms with Gasteiger partial charge in [0.15, 0.2) is 0 Å². The molecule has 0 amide bonds. The molecule has 0 radical (unpaired) electrons. The van der Waals surface area contributed by atoms with Crippen molar-refractivity contribution >= 4 is 0 Å². The molecule has 3 unspecified atom stereocenters. The van der Waals surface area contributed by atoms with Crippen molar-refractivity contribution in [2.45, 2.75) is 70.9 Å². The summed E-state index contributed by atoms with van der Waals surface area (Å²) in [5.41, 5.74) is 0. The van der Waals surface area contributed by atoms with E-state index in [1.807, 2.05) is 0 Å². The second-order valence-electron chi connectivity index (χ2n) is 4.82. The standard InChI is InChI=1S/C14H25N/c1-4-8-13(6-3)15-14-10-7-9-12(5-2)11-14/h1,12-15H,5-11H2,2-3H3. The Kier molecular flexibility index (Phi) is 5.79. The van der Waals surface area contributed by atoms with Crippen molar-refractivity contribution < 1.29 is 0 Å². The van der Waals surface area contributed by atoms with Crippen LogP contribution in [0.3, 0.4) is 0 Å². The first-order chi connectivity index (χ1) is 7.30. The fourth-order valence-corrected chi connectivity index (χ4v) is 2.61. The van der Waals surface area contributed by atoms with Gasteiger partial charge in [0.1, 0.15) is 0 Å². The summed E-state index contributed by atoms with van der Waals surface area (Å²) in [6.07, 6.45) is 14.3. The van der Waals surface area contributed by atoms with Gasteiger partial charge in [0.05, 0.1) is 0 Å². The normalized spacial score (nSPS) is 28.3. The molecule has 1 fully saturated rings. The number of nitrogens with one attached hydrogen (secondary N) is 1. The maximum Gasteiger partial charge on any atom is 0.0240 e. The van der Waals surface area contributed by atoms with E-state index in [1.165, 1.54) is 32.1 Å². The van der Waals surface area contributed by atoms with E-state index < -0.39 is 0 Å². The smallest absolute Gasteiger partial charge is 0.0240 e. The molecular weight excluding hydrogens is 182 g/mol. The molecule has 1 N–H and O–H groups in total. The predicted molar refractivity (Wildman–Crippen MR) is 66.7 cm³/mol. The third-order valence-electron chi connectivity index (χ3n) is 3.69. The number of hydrogen-bond acceptors (Lipinski definition) is 1. The van der Waals surface area contributed by atoms with E-state index in [2.05, 4.69) is 25.1 Å². The number of terminal acetylenes is 1. The van der Waals surface area contributed by atoms with Crippen LogP contribution in [0.15, 0.2) is 0 Å². The molecule has 15 heavy (non-hydrogen) atoms. The van der Waals surface area contributed by atoms with Crippen LogP contribution in [0.2, 0.25) is 0 Å². The topological polar surface area (TPSA) is 12.0 Å². The number of hydrogen-bond donors (Lipinski definition) is 1. The second-order valence-corrected chi connectivity index (χ2v) is 4.82. The monoisotopic (exact) mass is 207 g/mol. The van der Waals surface area contributed by atoms with Crippen molar-refractivity contribution in [2.24, 2.45) is 5.92 Å². The average Bonchev–Trinajstić information content (AvgIpc) is 2.29. The van der Waals surface area contributed by atoms with Gasteiger partial charge in [-0.25, -0.2) is 0 Å². The van der Waals surface area contributed by atoms with Crippen LogP contribution in [0.25, 0.3) is 0 Å². The molecule has 1 aliphatic rings. The molecule has 0 heterocycles. The van der Waals surface area contributed by atoms with Gasteiger partial charge in [0, 0.05) is 18.5 Å². The van der Waals surface area contributed by atoms with Crippen molar-refractivity contribution in [1.82, 2.24) is 5.32 Å². The zero-order chi connectivity index (χ0) is 11.1. The Balaban J connectivity index is 2.33. The molecule has 1 rings (SSSR count). The lowest BCUT2D eigenvalue weighted by Gasteiger charge is -2.31. The fourth-order valence-electron chi connectivity index (χ4n) is 2.61. The molecule has 1 heteroatoms. The van der Waals surface area contributed by atoms with Crippen molar-refractivity contribution in [1.29, 1.82) is 0 Å². The maximum atomic E-state index is 5.37. The van der Waals surface area contributed by atoms with E-state index in [0.29, 0.717) is 6.04 Å². The Bertz CT molecular complexity index is 204. The van der Waals surface area contributed by atoms with Gasteiger partial charge in [0.2, 0.25) is 0 Å². The predicted octanol–water partition coefficient (Wildman–Crippen LogP) is 3.35. The molecule has 0 aromatic carbocycles. The molecule has 86 valence electrons. The van der Waals surface area contributed by atoms with Gasteiger partial charge in [0.25, 0.3) is 0 Å². The summed E-state index contributed by atoms with van der Waals surface area (Å²) in [4.78, 5) is 0. The second kappa shape index (κ2) is 6.90. The van der Waals surface area contributed by atoms with Crippen LogP contribution in [-0.2, 0) is 0 Å². The summed E-state index contributed by atoms with van der Waals surface area (Å²) in [5.74, 6) is 3.72. The Morgan fingerprint density at radius 2 is 2.20 bits per heavy atom. The summed E-state index contributed by atoms with van der Waals surface area (Å²) in [6, 6.07) is 1.26. The van der Waals surface area contributed by atoms with Crippen LogP contribution in [0.5, 0.6) is 0 Å². The van der Waals surface area contributed by atoms with Crippen LogP contribution in [0, 0.1) is 18.3 Å². The minimum absolute atomic E-state index is 0.538. The molecule has 0 spiro atoms. The molecule has 0 aromatic heterocycles. The van der Waals surface area contributed by atoms with Gasteiger partial charge < -0.3 is 5.32 Å². The zero-order valence-electron chi connectivity index (χ0n) is 10.3. The quantitative estimate of drug-likeness (QED) is 0.682. The van der Waals surface area contributed by atoms with E-state index in [-0.39, 0.29) is 0 Å². The molecule has 3 atom stereocenters. The van der Waals surface area contributed by atoms with Gasteiger partial charge in [-0.1, -0.05) is 33.1 Å². The largest absolute Gasteiger partial charge is 0.310 e. The van der Waals surface area contributed by atoms with Crippen LogP contribution < -0.4 is 5.32 Å². The third-order valence-corrected chi connectivity index (χ3v) is 3.69. The minimum Gasteiger partial charge on any atom is -0.310 e. The lowest BCUT2D eigenvalue weighted by Crippen LogP contribution is -2.40. The molecule has 0 aromatic rings. The van der Waals surface area contributed by atoms with E-state index in [9.17, 15) is 0 Å². The summed E-state index contributed by atoms with van der Waals surface area (Å²) >= 11 is 0. The van der Waals surface area contributed by atoms with Crippen molar-refractivity contribution in [3.63, 3.8) is 0 Å². The third kappa shape index (κ3) is 4.26. The highest BCUT2D eigenvalue weighted by Gasteiger charge is 2.21. The zero-order valence-corrected chi connectivity index (χ0v) is 10.3. The van der Waals surface area contributed by atoms with E-state index in [0.717, 1.165) is 24.8 Å². The Labute approximate surface area is 95.0 Å². The molecular formula is C14H25N. The fraction of sp³-hybridized carbons (Fsp3) is 0.857. The van der Waals surface area contributed by atoms with Crippen LogP contribution in [-0.4, -0.2) is 12.1 Å². The first-order valence-corrected chi connectivity index (χ1v) is 6.49. The molecule has 1 aliphatic carbocycles. The van der Waals surface area contributed by atoms with Gasteiger partial charge in [-0.05, 0) is 25.2 Å². The highest BCUT2D eigenvalue weighted by atomic mass is 14.9. The SMILES string of the molecule is C#CCC(CC)NC1CCCC(CC)C1. The Hall–Kier alpha value is -0.480. The molecule has 0 saturated heterocycles. The van der Waals surface area contributed by atoms with Gasteiger partial charge in [-0.15, -0.1) is 12.3 Å². The first kappa shape index (κ1) is 12.6. The first-order valence-electron chi connectivity index (χ1n) is 6.49. The highest BCUT2D eigenvalue weighted by Crippen LogP contribution is 2.27. The van der Waals surface area contributed by atoms with Crippen LogP contribution in [0.1, 0.15) is 58.8 Å². The van der Waals surface area contributed by atoms with Crippen molar-refractivity contribution in [3.8, 4) is 12.3 Å². The van der Waals surface area contributed by atoms with Gasteiger partial charge in [-0.2, -0.15) is 0 Å². The number of rotatable bonds is 5. The van der Waals surface area contributed by atoms with Crippen molar-refractivity contribution in [3.05, 3.63) is 0 Å². The van der Waals surface area contributed by atoms with Crippen molar-refractivity contribution in [2.75, 3.05) is 0 Å². The van der Waals surface area contributed by atoms with Gasteiger partial charge in [-0.3, -0.25) is 0 Å². The summed E-state index contributed by atoms with van der Waals surface area (Å²) < 4.78 is 0. The highest BCUT2D eigenvalue weighted by molar-refractivity contribution is 4.91. The lowest BCUT2D eigenvalue weighted by atomic mass is 9.84. The van der Waals surface area contributed by atoms with E-state index in [4.69, 9.17) is 6.42 Å². The van der Waals surface area contributed by atoms with E-state index >= 15 is 0 Å².